The fourth-order valence-electron chi connectivity index (χ4n) is 1.83. The molecule has 0 bridgehead atoms. The van der Waals surface area contributed by atoms with Gasteiger partial charge < -0.3 is 10.2 Å². The Bertz CT molecular complexity index is 410. The van der Waals surface area contributed by atoms with Crippen molar-refractivity contribution in [2.75, 3.05) is 30.9 Å². The van der Waals surface area contributed by atoms with Crippen molar-refractivity contribution < 1.29 is 4.79 Å². The van der Waals surface area contributed by atoms with Crippen molar-refractivity contribution in [1.82, 2.24) is 14.9 Å². The number of thioether (sulfide) groups is 1. The highest BCUT2D eigenvalue weighted by atomic mass is 32.2. The summed E-state index contributed by atoms with van der Waals surface area (Å²) in [5.74, 6) is 1.57. The molecule has 0 saturated heterocycles. The third kappa shape index (κ3) is 4.67. The quantitative estimate of drug-likeness (QED) is 0.799. The summed E-state index contributed by atoms with van der Waals surface area (Å²) in [5.41, 5.74) is 0.397. The number of carbonyl (C=O) groups excluding carboxylic acids is 1. The molecular weight excluding hydrogens is 272 g/mol. The smallest absolute Gasteiger partial charge is 0.274 e. The van der Waals surface area contributed by atoms with E-state index in [1.807, 2.05) is 7.05 Å². The van der Waals surface area contributed by atoms with Gasteiger partial charge in [-0.25, -0.2) is 9.97 Å². The molecule has 0 spiro atoms. The molecule has 112 valence electrons. The second kappa shape index (κ2) is 8.79. The summed E-state index contributed by atoms with van der Waals surface area (Å²) in [7, 11) is 1.83. The average molecular weight is 296 g/mol. The first-order chi connectivity index (χ1) is 9.63. The Morgan fingerprint density at radius 2 is 2.15 bits per heavy atom. The van der Waals surface area contributed by atoms with Crippen molar-refractivity contribution in [1.29, 1.82) is 0 Å². The predicted molar refractivity (Wildman–Crippen MR) is 85.4 cm³/mol. The molecule has 1 N–H and O–H groups in total. The van der Waals surface area contributed by atoms with Gasteiger partial charge in [0.2, 0.25) is 0 Å². The maximum atomic E-state index is 12.3. The van der Waals surface area contributed by atoms with Gasteiger partial charge in [0, 0.05) is 25.4 Å². The topological polar surface area (TPSA) is 58.1 Å². The van der Waals surface area contributed by atoms with E-state index in [-0.39, 0.29) is 11.9 Å². The highest BCUT2D eigenvalue weighted by molar-refractivity contribution is 7.98. The lowest BCUT2D eigenvalue weighted by molar-refractivity contribution is 0.0737. The van der Waals surface area contributed by atoms with Gasteiger partial charge in [-0.05, 0) is 19.1 Å². The van der Waals surface area contributed by atoms with E-state index in [9.17, 15) is 4.79 Å². The Hall–Kier alpha value is -1.30. The Balaban J connectivity index is 2.70. The minimum absolute atomic E-state index is 0.0690. The van der Waals surface area contributed by atoms with Crippen LogP contribution in [0.3, 0.4) is 0 Å². The molecule has 5 nitrogen and oxygen atoms in total. The van der Waals surface area contributed by atoms with Gasteiger partial charge in [0.15, 0.2) is 0 Å². The first-order valence-corrected chi connectivity index (χ1v) is 8.35. The van der Waals surface area contributed by atoms with E-state index in [4.69, 9.17) is 0 Å². The standard InChI is InChI=1S/C14H24N4OS/c1-5-7-15-13-9-16-12(8-17-13)14(19)18(3)11(6-2)10-20-4/h8-9,11H,5-7,10H2,1-4H3,(H,15,17). The number of aromatic nitrogens is 2. The number of nitrogens with zero attached hydrogens (tertiary/aromatic N) is 3. The fraction of sp³-hybridized carbons (Fsp3) is 0.643. The molecule has 0 aliphatic carbocycles. The monoisotopic (exact) mass is 296 g/mol. The van der Waals surface area contributed by atoms with E-state index in [1.165, 1.54) is 0 Å². The Morgan fingerprint density at radius 1 is 1.40 bits per heavy atom. The molecule has 1 rings (SSSR count). The minimum Gasteiger partial charge on any atom is -0.369 e. The van der Waals surface area contributed by atoms with E-state index in [0.717, 1.165) is 25.1 Å². The normalized spacial score (nSPS) is 12.0. The van der Waals surface area contributed by atoms with Crippen LogP contribution in [0.2, 0.25) is 0 Å². The third-order valence-electron chi connectivity index (χ3n) is 3.13. The van der Waals surface area contributed by atoms with Crippen LogP contribution in [0.25, 0.3) is 0 Å². The molecule has 20 heavy (non-hydrogen) atoms. The van der Waals surface area contributed by atoms with Crippen LogP contribution in [0.5, 0.6) is 0 Å². The molecule has 1 heterocycles. The molecule has 0 radical (unpaired) electrons. The van der Waals surface area contributed by atoms with E-state index >= 15 is 0 Å². The highest BCUT2D eigenvalue weighted by Crippen LogP contribution is 2.11. The average Bonchev–Trinajstić information content (AvgIpc) is 2.49. The maximum absolute atomic E-state index is 12.3. The summed E-state index contributed by atoms with van der Waals surface area (Å²) in [6.07, 6.45) is 7.18. The van der Waals surface area contributed by atoms with Gasteiger partial charge in [0.25, 0.3) is 5.91 Å². The van der Waals surface area contributed by atoms with Crippen molar-refractivity contribution >= 4 is 23.5 Å². The van der Waals surface area contributed by atoms with Crippen LogP contribution in [-0.2, 0) is 0 Å². The Morgan fingerprint density at radius 3 is 2.65 bits per heavy atom. The predicted octanol–water partition coefficient (Wildman–Crippen LogP) is 2.51. The molecule has 0 aromatic carbocycles. The van der Waals surface area contributed by atoms with E-state index in [0.29, 0.717) is 11.5 Å². The zero-order valence-electron chi connectivity index (χ0n) is 12.7. The van der Waals surface area contributed by atoms with Gasteiger partial charge in [0.05, 0.1) is 12.4 Å². The molecule has 0 fully saturated rings. The molecule has 6 heteroatoms. The lowest BCUT2D eigenvalue weighted by Gasteiger charge is -2.26. The zero-order chi connectivity index (χ0) is 15.0. The van der Waals surface area contributed by atoms with Crippen LogP contribution in [0.15, 0.2) is 12.4 Å². The van der Waals surface area contributed by atoms with Crippen molar-refractivity contribution in [2.45, 2.75) is 32.7 Å². The van der Waals surface area contributed by atoms with Crippen LogP contribution in [0, 0.1) is 0 Å². The Kier molecular flexibility index (Phi) is 7.36. The van der Waals surface area contributed by atoms with Crippen LogP contribution in [0.1, 0.15) is 37.2 Å². The SMILES string of the molecule is CCCNc1cnc(C(=O)N(C)C(CC)CSC)cn1. The highest BCUT2D eigenvalue weighted by Gasteiger charge is 2.20. The molecule has 0 aliphatic heterocycles. The summed E-state index contributed by atoms with van der Waals surface area (Å²) in [6, 6.07) is 0.234. The Labute approximate surface area is 125 Å². The first-order valence-electron chi connectivity index (χ1n) is 6.96. The number of anilines is 1. The van der Waals surface area contributed by atoms with Crippen LogP contribution < -0.4 is 5.32 Å². The lowest BCUT2D eigenvalue weighted by atomic mass is 10.2. The van der Waals surface area contributed by atoms with Crippen molar-refractivity contribution in [3.63, 3.8) is 0 Å². The molecule has 1 aromatic heterocycles. The van der Waals surface area contributed by atoms with Gasteiger partial charge in [-0.1, -0.05) is 13.8 Å². The number of hydrogen-bond donors (Lipinski definition) is 1. The van der Waals surface area contributed by atoms with Crippen molar-refractivity contribution in [3.05, 3.63) is 18.1 Å². The number of rotatable bonds is 8. The molecule has 0 aliphatic rings. The van der Waals surface area contributed by atoms with Crippen LogP contribution in [-0.4, -0.2) is 52.4 Å². The third-order valence-corrected chi connectivity index (χ3v) is 3.84. The number of amides is 1. The summed E-state index contributed by atoms with van der Waals surface area (Å²) in [5, 5.41) is 3.14. The molecule has 1 aromatic rings. The van der Waals surface area contributed by atoms with E-state index < -0.39 is 0 Å². The molecule has 1 atom stereocenters. The largest absolute Gasteiger partial charge is 0.369 e. The van der Waals surface area contributed by atoms with Crippen LogP contribution >= 0.6 is 11.8 Å². The first kappa shape index (κ1) is 16.8. The van der Waals surface area contributed by atoms with Gasteiger partial charge >= 0.3 is 0 Å². The second-order valence-corrected chi connectivity index (χ2v) is 5.56. The molecule has 1 amide bonds. The number of carbonyl (C=O) groups is 1. The van der Waals surface area contributed by atoms with Crippen molar-refractivity contribution in [3.8, 4) is 0 Å². The number of hydrogen-bond acceptors (Lipinski definition) is 5. The van der Waals surface area contributed by atoms with Crippen molar-refractivity contribution in [2.24, 2.45) is 0 Å². The summed E-state index contributed by atoms with van der Waals surface area (Å²) in [4.78, 5) is 22.5. The molecule has 1 unspecified atom stereocenters. The van der Waals surface area contributed by atoms with Gasteiger partial charge in [-0.2, -0.15) is 11.8 Å². The second-order valence-electron chi connectivity index (χ2n) is 4.65. The summed E-state index contributed by atoms with van der Waals surface area (Å²) >= 11 is 1.75. The van der Waals surface area contributed by atoms with Gasteiger partial charge in [-0.3, -0.25) is 4.79 Å². The van der Waals surface area contributed by atoms with E-state index in [1.54, 1.807) is 29.1 Å². The van der Waals surface area contributed by atoms with Gasteiger partial charge in [-0.15, -0.1) is 0 Å². The summed E-state index contributed by atoms with van der Waals surface area (Å²) in [6.45, 7) is 5.03. The fourth-order valence-corrected chi connectivity index (χ4v) is 2.67. The molecule has 0 saturated carbocycles. The van der Waals surface area contributed by atoms with Crippen LogP contribution in [0.4, 0.5) is 5.82 Å². The zero-order valence-corrected chi connectivity index (χ0v) is 13.5. The molecular formula is C14H24N4OS. The number of nitrogens with one attached hydrogen (secondary N) is 1. The minimum atomic E-state index is -0.0690. The lowest BCUT2D eigenvalue weighted by Crippen LogP contribution is -2.38. The van der Waals surface area contributed by atoms with E-state index in [2.05, 4.69) is 35.4 Å². The summed E-state index contributed by atoms with van der Waals surface area (Å²) < 4.78 is 0. The maximum Gasteiger partial charge on any atom is 0.274 e. The van der Waals surface area contributed by atoms with Gasteiger partial charge in [0.1, 0.15) is 11.5 Å².